The summed E-state index contributed by atoms with van der Waals surface area (Å²) in [6, 6.07) is 7.89. The molecule has 0 spiro atoms. The normalized spacial score (nSPS) is 13.8. The highest BCUT2D eigenvalue weighted by atomic mass is 79.9. The van der Waals surface area contributed by atoms with Crippen LogP contribution in [0.15, 0.2) is 39.0 Å². The third kappa shape index (κ3) is 2.41. The number of rotatable bonds is 1. The van der Waals surface area contributed by atoms with Gasteiger partial charge in [0.2, 0.25) is 11.6 Å². The van der Waals surface area contributed by atoms with E-state index < -0.39 is 0 Å². The summed E-state index contributed by atoms with van der Waals surface area (Å²) in [7, 11) is 0. The zero-order valence-electron chi connectivity index (χ0n) is 9.67. The first-order valence-corrected chi connectivity index (χ1v) is 7.19. The molecular weight excluding hydrogens is 328 g/mol. The zero-order chi connectivity index (χ0) is 13.4. The number of nitrogens with zero attached hydrogens (tertiary/aromatic N) is 4. The minimum absolute atomic E-state index is 0.00990. The second-order valence-electron chi connectivity index (χ2n) is 3.84. The van der Waals surface area contributed by atoms with Crippen LogP contribution in [0.25, 0.3) is 0 Å². The van der Waals surface area contributed by atoms with Crippen LogP contribution >= 0.6 is 27.7 Å². The number of nitrogens with one attached hydrogen (secondary N) is 1. The van der Waals surface area contributed by atoms with Gasteiger partial charge in [-0.05, 0) is 17.7 Å². The molecule has 1 aliphatic rings. The Kier molecular flexibility index (Phi) is 3.11. The number of thioether (sulfide) groups is 1. The molecule has 0 aliphatic carbocycles. The molecule has 19 heavy (non-hydrogen) atoms. The van der Waals surface area contributed by atoms with E-state index in [1.807, 2.05) is 24.3 Å². The summed E-state index contributed by atoms with van der Waals surface area (Å²) in [6.07, 6.45) is 0. The Hall–Kier alpha value is -1.67. The molecule has 96 valence electrons. The van der Waals surface area contributed by atoms with Gasteiger partial charge < -0.3 is 5.73 Å². The Morgan fingerprint density at radius 1 is 1.26 bits per heavy atom. The standard InChI is InChI=1S/C11H9BrN6S/c12-7-3-1-6(2-4-7)8-5-19-11-16-9(13)15-10(14)18(11)17-8/h1-4H,5H2,(H3,13,14,15). The summed E-state index contributed by atoms with van der Waals surface area (Å²) in [4.78, 5) is 7.87. The van der Waals surface area contributed by atoms with Crippen molar-refractivity contribution in [3.8, 4) is 0 Å². The van der Waals surface area contributed by atoms with Gasteiger partial charge >= 0.3 is 0 Å². The molecular formula is C11H9BrN6S. The second kappa shape index (κ2) is 4.78. The van der Waals surface area contributed by atoms with E-state index in [0.29, 0.717) is 10.9 Å². The van der Waals surface area contributed by atoms with Crippen LogP contribution in [0, 0.1) is 5.41 Å². The molecule has 2 aromatic rings. The molecule has 3 N–H and O–H groups in total. The number of nitrogens with two attached hydrogens (primary N) is 1. The molecule has 1 aliphatic heterocycles. The SMILES string of the molecule is N=c1nc(N)nc2n1N=C(c1ccc(Br)cc1)CS2. The van der Waals surface area contributed by atoms with Crippen LogP contribution in [0.5, 0.6) is 0 Å². The predicted octanol–water partition coefficient (Wildman–Crippen LogP) is 1.46. The van der Waals surface area contributed by atoms with Gasteiger partial charge in [0.25, 0.3) is 0 Å². The van der Waals surface area contributed by atoms with Gasteiger partial charge in [-0.25, -0.2) is 0 Å². The van der Waals surface area contributed by atoms with E-state index in [4.69, 9.17) is 11.1 Å². The van der Waals surface area contributed by atoms with Crippen molar-refractivity contribution in [1.29, 1.82) is 5.41 Å². The molecule has 0 saturated carbocycles. The van der Waals surface area contributed by atoms with E-state index >= 15 is 0 Å². The molecule has 0 unspecified atom stereocenters. The minimum Gasteiger partial charge on any atom is -0.368 e. The molecule has 0 fully saturated rings. The van der Waals surface area contributed by atoms with Crippen LogP contribution < -0.4 is 11.4 Å². The van der Waals surface area contributed by atoms with Gasteiger partial charge in [-0.2, -0.15) is 19.7 Å². The zero-order valence-corrected chi connectivity index (χ0v) is 12.1. The number of aromatic nitrogens is 3. The average molecular weight is 337 g/mol. The van der Waals surface area contributed by atoms with E-state index in [1.165, 1.54) is 16.4 Å². The Balaban J connectivity index is 2.09. The van der Waals surface area contributed by atoms with Crippen molar-refractivity contribution in [2.24, 2.45) is 5.10 Å². The molecule has 8 heteroatoms. The molecule has 2 heterocycles. The molecule has 0 amide bonds. The third-order valence-electron chi connectivity index (χ3n) is 2.55. The van der Waals surface area contributed by atoms with Crippen LogP contribution in [-0.4, -0.2) is 26.1 Å². The Bertz CT molecular complexity index is 721. The number of halogens is 1. The summed E-state index contributed by atoms with van der Waals surface area (Å²) < 4.78 is 2.42. The largest absolute Gasteiger partial charge is 0.368 e. The van der Waals surface area contributed by atoms with Gasteiger partial charge in [-0.15, -0.1) is 0 Å². The average Bonchev–Trinajstić information content (AvgIpc) is 2.39. The fourth-order valence-corrected chi connectivity index (χ4v) is 2.83. The summed E-state index contributed by atoms with van der Waals surface area (Å²) in [5.74, 6) is 0.795. The quantitative estimate of drug-likeness (QED) is 0.824. The number of nitrogen functional groups attached to an aromatic ring is 1. The van der Waals surface area contributed by atoms with Crippen molar-refractivity contribution in [3.63, 3.8) is 0 Å². The van der Waals surface area contributed by atoms with E-state index in [0.717, 1.165) is 15.7 Å². The molecule has 0 atom stereocenters. The maximum Gasteiger partial charge on any atom is 0.248 e. The fourth-order valence-electron chi connectivity index (χ4n) is 1.67. The maximum absolute atomic E-state index is 7.78. The lowest BCUT2D eigenvalue weighted by Crippen LogP contribution is -2.28. The third-order valence-corrected chi connectivity index (χ3v) is 4.02. The van der Waals surface area contributed by atoms with Crippen molar-refractivity contribution in [3.05, 3.63) is 39.9 Å². The van der Waals surface area contributed by atoms with Gasteiger partial charge in [0.15, 0.2) is 5.16 Å². The van der Waals surface area contributed by atoms with Crippen molar-refractivity contribution in [2.45, 2.75) is 5.16 Å². The maximum atomic E-state index is 7.78. The molecule has 3 rings (SSSR count). The molecule has 0 radical (unpaired) electrons. The molecule has 6 nitrogen and oxygen atoms in total. The summed E-state index contributed by atoms with van der Waals surface area (Å²) in [5.41, 5.74) is 7.42. The molecule has 1 aromatic carbocycles. The summed E-state index contributed by atoms with van der Waals surface area (Å²) in [6.45, 7) is 0. The van der Waals surface area contributed by atoms with Crippen molar-refractivity contribution >= 4 is 39.4 Å². The minimum atomic E-state index is -0.00990. The van der Waals surface area contributed by atoms with Gasteiger partial charge in [-0.3, -0.25) is 5.41 Å². The number of hydrogen-bond donors (Lipinski definition) is 2. The topological polar surface area (TPSA) is 92.9 Å². The smallest absolute Gasteiger partial charge is 0.248 e. The van der Waals surface area contributed by atoms with Gasteiger partial charge in [0.1, 0.15) is 0 Å². The van der Waals surface area contributed by atoms with Crippen LogP contribution in [0.1, 0.15) is 5.56 Å². The van der Waals surface area contributed by atoms with Gasteiger partial charge in [0.05, 0.1) is 5.71 Å². The molecule has 0 bridgehead atoms. The first-order valence-electron chi connectivity index (χ1n) is 5.41. The van der Waals surface area contributed by atoms with Crippen LogP contribution in [0.3, 0.4) is 0 Å². The number of fused-ring (bicyclic) bond motifs is 1. The highest BCUT2D eigenvalue weighted by molar-refractivity contribution is 9.10. The summed E-state index contributed by atoms with van der Waals surface area (Å²) >= 11 is 4.89. The number of hydrogen-bond acceptors (Lipinski definition) is 6. The van der Waals surface area contributed by atoms with E-state index in [-0.39, 0.29) is 11.6 Å². The lowest BCUT2D eigenvalue weighted by molar-refractivity contribution is 0.626. The highest BCUT2D eigenvalue weighted by Crippen LogP contribution is 2.22. The van der Waals surface area contributed by atoms with Crippen molar-refractivity contribution < 1.29 is 0 Å². The van der Waals surface area contributed by atoms with Gasteiger partial charge in [-0.1, -0.05) is 39.8 Å². The summed E-state index contributed by atoms with van der Waals surface area (Å²) in [5, 5.41) is 12.8. The second-order valence-corrected chi connectivity index (χ2v) is 5.70. The molecule has 0 saturated heterocycles. The van der Waals surface area contributed by atoms with Crippen LogP contribution in [-0.2, 0) is 0 Å². The van der Waals surface area contributed by atoms with E-state index in [2.05, 4.69) is 31.0 Å². The first kappa shape index (κ1) is 12.4. The van der Waals surface area contributed by atoms with Crippen molar-refractivity contribution in [1.82, 2.24) is 14.6 Å². The van der Waals surface area contributed by atoms with Crippen molar-refractivity contribution in [2.75, 3.05) is 11.5 Å². The fraction of sp³-hybridized carbons (Fsp3) is 0.0909. The Morgan fingerprint density at radius 2 is 2.00 bits per heavy atom. The predicted molar refractivity (Wildman–Crippen MR) is 77.1 cm³/mol. The first-order chi connectivity index (χ1) is 9.13. The number of anilines is 1. The van der Waals surface area contributed by atoms with Crippen LogP contribution in [0.2, 0.25) is 0 Å². The Morgan fingerprint density at radius 3 is 2.74 bits per heavy atom. The lowest BCUT2D eigenvalue weighted by atomic mass is 10.1. The van der Waals surface area contributed by atoms with Crippen LogP contribution in [0.4, 0.5) is 5.95 Å². The molecule has 1 aromatic heterocycles. The monoisotopic (exact) mass is 336 g/mol. The van der Waals surface area contributed by atoms with E-state index in [9.17, 15) is 0 Å². The van der Waals surface area contributed by atoms with E-state index in [1.54, 1.807) is 0 Å². The number of benzene rings is 1. The Labute approximate surface area is 121 Å². The van der Waals surface area contributed by atoms with Gasteiger partial charge in [0, 0.05) is 10.2 Å². The highest BCUT2D eigenvalue weighted by Gasteiger charge is 2.16. The lowest BCUT2D eigenvalue weighted by Gasteiger charge is -2.15.